The van der Waals surface area contributed by atoms with Crippen molar-refractivity contribution in [1.29, 1.82) is 0 Å². The SMILES string of the molecule is CC(C)N1CC2C(C1)C2c1c(F)cnn1C1CC1. The van der Waals surface area contributed by atoms with Crippen LogP contribution in [0, 0.1) is 17.7 Å². The molecule has 98 valence electrons. The van der Waals surface area contributed by atoms with Gasteiger partial charge in [-0.25, -0.2) is 4.39 Å². The Morgan fingerprint density at radius 1 is 1.28 bits per heavy atom. The molecule has 2 unspecified atom stereocenters. The third-order valence-corrected chi connectivity index (χ3v) is 4.95. The summed E-state index contributed by atoms with van der Waals surface area (Å²) in [7, 11) is 0. The molecule has 3 nitrogen and oxygen atoms in total. The van der Waals surface area contributed by atoms with E-state index in [1.807, 2.05) is 4.68 Å². The second-order valence-electron chi connectivity index (χ2n) is 6.45. The number of fused-ring (bicyclic) bond motifs is 1. The fourth-order valence-corrected chi connectivity index (χ4v) is 3.66. The summed E-state index contributed by atoms with van der Waals surface area (Å²) in [5, 5.41) is 4.25. The summed E-state index contributed by atoms with van der Waals surface area (Å²) in [6.45, 7) is 6.77. The Labute approximate surface area is 107 Å². The van der Waals surface area contributed by atoms with Gasteiger partial charge in [-0.2, -0.15) is 5.10 Å². The van der Waals surface area contributed by atoms with E-state index in [1.54, 1.807) is 0 Å². The van der Waals surface area contributed by atoms with Crippen molar-refractivity contribution in [3.63, 3.8) is 0 Å². The van der Waals surface area contributed by atoms with Crippen LogP contribution in [-0.4, -0.2) is 33.8 Å². The van der Waals surface area contributed by atoms with E-state index >= 15 is 0 Å². The quantitative estimate of drug-likeness (QED) is 0.820. The number of hydrogen-bond donors (Lipinski definition) is 0. The van der Waals surface area contributed by atoms with E-state index in [-0.39, 0.29) is 5.82 Å². The van der Waals surface area contributed by atoms with Crippen LogP contribution in [0.1, 0.15) is 44.3 Å². The first-order valence-corrected chi connectivity index (χ1v) is 7.13. The average molecular weight is 249 g/mol. The minimum Gasteiger partial charge on any atom is -0.300 e. The molecule has 0 spiro atoms. The first-order chi connectivity index (χ1) is 8.66. The van der Waals surface area contributed by atoms with Crippen molar-refractivity contribution in [3.05, 3.63) is 17.7 Å². The highest BCUT2D eigenvalue weighted by Gasteiger charge is 2.59. The molecular formula is C14H20FN3. The smallest absolute Gasteiger partial charge is 0.164 e. The van der Waals surface area contributed by atoms with Gasteiger partial charge < -0.3 is 4.90 Å². The maximum absolute atomic E-state index is 14.0. The normalized spacial score (nSPS) is 35.2. The van der Waals surface area contributed by atoms with Crippen molar-refractivity contribution in [3.8, 4) is 0 Å². The number of halogens is 1. The first-order valence-electron chi connectivity index (χ1n) is 7.13. The fraction of sp³-hybridized carbons (Fsp3) is 0.786. The van der Waals surface area contributed by atoms with Crippen LogP contribution in [0.3, 0.4) is 0 Å². The van der Waals surface area contributed by atoms with Crippen LogP contribution in [0.5, 0.6) is 0 Å². The standard InChI is InChI=1S/C14H20FN3/c1-8(2)17-6-10-11(7-17)13(10)14-12(15)5-16-18(14)9-3-4-9/h5,8-11,13H,3-4,6-7H2,1-2H3. The van der Waals surface area contributed by atoms with Gasteiger partial charge in [0.2, 0.25) is 0 Å². The van der Waals surface area contributed by atoms with Gasteiger partial charge in [0.1, 0.15) is 0 Å². The molecule has 0 bridgehead atoms. The molecule has 0 amide bonds. The van der Waals surface area contributed by atoms with Crippen LogP contribution >= 0.6 is 0 Å². The summed E-state index contributed by atoms with van der Waals surface area (Å²) in [4.78, 5) is 2.52. The van der Waals surface area contributed by atoms with E-state index in [2.05, 4.69) is 23.8 Å². The van der Waals surface area contributed by atoms with Crippen molar-refractivity contribution < 1.29 is 4.39 Å². The lowest BCUT2D eigenvalue weighted by Crippen LogP contribution is -2.31. The van der Waals surface area contributed by atoms with E-state index in [0.717, 1.165) is 18.8 Å². The zero-order valence-electron chi connectivity index (χ0n) is 11.0. The van der Waals surface area contributed by atoms with Gasteiger partial charge in [-0.05, 0) is 38.5 Å². The molecule has 1 aromatic heterocycles. The molecule has 1 saturated heterocycles. The molecule has 2 aliphatic carbocycles. The Bertz CT molecular complexity index is 465. The van der Waals surface area contributed by atoms with Gasteiger partial charge in [-0.1, -0.05) is 0 Å². The van der Waals surface area contributed by atoms with Gasteiger partial charge >= 0.3 is 0 Å². The highest BCUT2D eigenvalue weighted by Crippen LogP contribution is 2.59. The van der Waals surface area contributed by atoms with Crippen molar-refractivity contribution in [2.45, 2.75) is 44.7 Å². The lowest BCUT2D eigenvalue weighted by atomic mass is 10.1. The third-order valence-electron chi connectivity index (χ3n) is 4.95. The zero-order valence-corrected chi connectivity index (χ0v) is 11.0. The molecule has 2 atom stereocenters. The second kappa shape index (κ2) is 3.56. The second-order valence-corrected chi connectivity index (χ2v) is 6.45. The monoisotopic (exact) mass is 249 g/mol. The van der Waals surface area contributed by atoms with Crippen LogP contribution < -0.4 is 0 Å². The van der Waals surface area contributed by atoms with Gasteiger partial charge in [0, 0.05) is 25.0 Å². The van der Waals surface area contributed by atoms with E-state index < -0.39 is 0 Å². The molecule has 4 heteroatoms. The van der Waals surface area contributed by atoms with Crippen molar-refractivity contribution in [2.75, 3.05) is 13.1 Å². The predicted octanol–water partition coefficient (Wildman–Crippen LogP) is 2.41. The lowest BCUT2D eigenvalue weighted by Gasteiger charge is -2.23. The van der Waals surface area contributed by atoms with E-state index in [4.69, 9.17) is 0 Å². The Kier molecular flexibility index (Phi) is 2.17. The Morgan fingerprint density at radius 2 is 1.94 bits per heavy atom. The summed E-state index contributed by atoms with van der Waals surface area (Å²) in [6, 6.07) is 1.11. The van der Waals surface area contributed by atoms with Crippen LogP contribution in [0.2, 0.25) is 0 Å². The number of piperidine rings is 1. The largest absolute Gasteiger partial charge is 0.300 e. The Hall–Kier alpha value is -0.900. The fourth-order valence-electron chi connectivity index (χ4n) is 3.66. The predicted molar refractivity (Wildman–Crippen MR) is 66.9 cm³/mol. The molecule has 0 radical (unpaired) electrons. The van der Waals surface area contributed by atoms with Crippen LogP contribution in [0.25, 0.3) is 0 Å². The molecular weight excluding hydrogens is 229 g/mol. The van der Waals surface area contributed by atoms with Gasteiger partial charge in [0.15, 0.2) is 5.82 Å². The van der Waals surface area contributed by atoms with Gasteiger partial charge in [-0.3, -0.25) is 4.68 Å². The number of aromatic nitrogens is 2. The maximum Gasteiger partial charge on any atom is 0.164 e. The van der Waals surface area contributed by atoms with Gasteiger partial charge in [-0.15, -0.1) is 0 Å². The molecule has 3 aliphatic rings. The minimum absolute atomic E-state index is 0.0719. The summed E-state index contributed by atoms with van der Waals surface area (Å²) >= 11 is 0. The Balaban J connectivity index is 1.56. The molecule has 18 heavy (non-hydrogen) atoms. The Morgan fingerprint density at radius 3 is 2.50 bits per heavy atom. The summed E-state index contributed by atoms with van der Waals surface area (Å²) in [6.07, 6.45) is 3.77. The maximum atomic E-state index is 14.0. The molecule has 3 fully saturated rings. The van der Waals surface area contributed by atoms with Crippen LogP contribution in [0.15, 0.2) is 6.20 Å². The summed E-state index contributed by atoms with van der Waals surface area (Å²) < 4.78 is 15.9. The van der Waals surface area contributed by atoms with Crippen LogP contribution in [0.4, 0.5) is 4.39 Å². The summed E-state index contributed by atoms with van der Waals surface area (Å²) in [5.74, 6) is 1.73. The molecule has 0 aromatic carbocycles. The summed E-state index contributed by atoms with van der Waals surface area (Å²) in [5.41, 5.74) is 0.913. The van der Waals surface area contributed by atoms with Gasteiger partial charge in [0.05, 0.1) is 17.9 Å². The molecule has 1 aliphatic heterocycles. The molecule has 1 aromatic rings. The van der Waals surface area contributed by atoms with Crippen molar-refractivity contribution in [1.82, 2.24) is 14.7 Å². The van der Waals surface area contributed by atoms with Crippen molar-refractivity contribution in [2.24, 2.45) is 11.8 Å². The lowest BCUT2D eigenvalue weighted by molar-refractivity contribution is 0.241. The number of rotatable bonds is 3. The number of likely N-dealkylation sites (tertiary alicyclic amines) is 1. The van der Waals surface area contributed by atoms with E-state index in [0.29, 0.717) is 29.8 Å². The van der Waals surface area contributed by atoms with E-state index in [9.17, 15) is 4.39 Å². The zero-order chi connectivity index (χ0) is 12.4. The highest BCUT2D eigenvalue weighted by molar-refractivity contribution is 5.27. The first kappa shape index (κ1) is 11.0. The highest BCUT2D eigenvalue weighted by atomic mass is 19.1. The third kappa shape index (κ3) is 1.48. The molecule has 2 heterocycles. The minimum atomic E-state index is -0.0719. The van der Waals surface area contributed by atoms with Crippen molar-refractivity contribution >= 4 is 0 Å². The molecule has 4 rings (SSSR count). The van der Waals surface area contributed by atoms with Crippen LogP contribution in [-0.2, 0) is 0 Å². The number of hydrogen-bond acceptors (Lipinski definition) is 2. The van der Waals surface area contributed by atoms with E-state index in [1.165, 1.54) is 19.0 Å². The number of nitrogens with zero attached hydrogens (tertiary/aromatic N) is 3. The molecule has 0 N–H and O–H groups in total. The average Bonchev–Trinajstić information content (AvgIpc) is 3.21. The molecule has 2 saturated carbocycles. The topological polar surface area (TPSA) is 21.1 Å². The van der Waals surface area contributed by atoms with Gasteiger partial charge in [0.25, 0.3) is 0 Å².